The zero-order chi connectivity index (χ0) is 20.4. The van der Waals surface area contributed by atoms with Crippen molar-refractivity contribution in [3.8, 4) is 0 Å². The third-order valence-electron chi connectivity index (χ3n) is 5.02. The Morgan fingerprint density at radius 2 is 1.86 bits per heavy atom. The molecular weight excluding hydrogens is 360 g/mol. The summed E-state index contributed by atoms with van der Waals surface area (Å²) in [5, 5.41) is 14.0. The fraction of sp³-hybridized carbons (Fsp3) is 0.550. The molecule has 1 aromatic rings. The number of urea groups is 1. The number of nitrogens with one attached hydrogen (secondary N) is 2. The van der Waals surface area contributed by atoms with E-state index in [1.807, 2.05) is 42.2 Å². The minimum absolute atomic E-state index is 0.0711. The highest BCUT2D eigenvalue weighted by Gasteiger charge is 2.25. The Balaban J connectivity index is 1.62. The van der Waals surface area contributed by atoms with Gasteiger partial charge in [-0.05, 0) is 38.0 Å². The van der Waals surface area contributed by atoms with E-state index in [2.05, 4.69) is 15.5 Å². The van der Waals surface area contributed by atoms with E-state index in [1.54, 1.807) is 0 Å². The lowest BCUT2D eigenvalue weighted by Crippen LogP contribution is -2.47. The number of hydrogen-bond acceptors (Lipinski definition) is 5. The SMILES string of the molecule is CCN(CC(=O)O)C1CCN(CCC(=O)NC(=O)NCc2ccccc2)CC1. The van der Waals surface area contributed by atoms with Gasteiger partial charge in [0.05, 0.1) is 6.54 Å². The molecule has 1 aliphatic heterocycles. The molecule has 1 heterocycles. The first-order valence-electron chi connectivity index (χ1n) is 9.77. The zero-order valence-electron chi connectivity index (χ0n) is 16.4. The Labute approximate surface area is 165 Å². The first kappa shape index (κ1) is 21.8. The van der Waals surface area contributed by atoms with Crippen LogP contribution in [0, 0.1) is 0 Å². The summed E-state index contributed by atoms with van der Waals surface area (Å²) in [6.07, 6.45) is 2.04. The number of likely N-dealkylation sites (tertiary alicyclic amines) is 1. The second-order valence-electron chi connectivity index (χ2n) is 7.00. The van der Waals surface area contributed by atoms with Crippen molar-refractivity contribution in [3.63, 3.8) is 0 Å². The van der Waals surface area contributed by atoms with Crippen LogP contribution in [0.15, 0.2) is 30.3 Å². The smallest absolute Gasteiger partial charge is 0.321 e. The van der Waals surface area contributed by atoms with Gasteiger partial charge in [-0.2, -0.15) is 0 Å². The maximum atomic E-state index is 12.0. The number of imide groups is 1. The topological polar surface area (TPSA) is 102 Å². The Morgan fingerprint density at radius 3 is 2.46 bits per heavy atom. The minimum atomic E-state index is -0.800. The number of carboxylic acids is 1. The van der Waals surface area contributed by atoms with E-state index in [4.69, 9.17) is 5.11 Å². The highest BCUT2D eigenvalue weighted by Crippen LogP contribution is 2.16. The normalized spacial score (nSPS) is 15.4. The molecule has 154 valence electrons. The number of carbonyl (C=O) groups excluding carboxylic acids is 2. The third kappa shape index (κ3) is 7.66. The fourth-order valence-electron chi connectivity index (χ4n) is 3.45. The fourth-order valence-corrected chi connectivity index (χ4v) is 3.45. The Morgan fingerprint density at radius 1 is 1.18 bits per heavy atom. The summed E-state index contributed by atoms with van der Waals surface area (Å²) in [4.78, 5) is 38.9. The number of benzene rings is 1. The molecule has 1 aliphatic rings. The predicted octanol–water partition coefficient (Wildman–Crippen LogP) is 1.27. The molecule has 0 bridgehead atoms. The van der Waals surface area contributed by atoms with Crippen molar-refractivity contribution < 1.29 is 19.5 Å². The van der Waals surface area contributed by atoms with Crippen LogP contribution in [0.4, 0.5) is 4.79 Å². The second-order valence-corrected chi connectivity index (χ2v) is 7.00. The molecule has 0 saturated carbocycles. The lowest BCUT2D eigenvalue weighted by Gasteiger charge is -2.37. The van der Waals surface area contributed by atoms with Gasteiger partial charge in [-0.25, -0.2) is 4.79 Å². The zero-order valence-corrected chi connectivity index (χ0v) is 16.4. The van der Waals surface area contributed by atoms with Gasteiger partial charge in [-0.1, -0.05) is 37.3 Å². The number of rotatable bonds is 9. The molecule has 0 radical (unpaired) electrons. The molecule has 0 aromatic heterocycles. The van der Waals surface area contributed by atoms with Gasteiger partial charge in [-0.15, -0.1) is 0 Å². The lowest BCUT2D eigenvalue weighted by molar-refractivity contribution is -0.139. The van der Waals surface area contributed by atoms with Crippen molar-refractivity contribution in [1.82, 2.24) is 20.4 Å². The Kier molecular flexibility index (Phi) is 8.90. The van der Waals surface area contributed by atoms with Crippen LogP contribution in [-0.2, 0) is 16.1 Å². The summed E-state index contributed by atoms with van der Waals surface area (Å²) in [6.45, 7) is 5.39. The highest BCUT2D eigenvalue weighted by atomic mass is 16.4. The summed E-state index contributed by atoms with van der Waals surface area (Å²) >= 11 is 0. The molecule has 0 atom stereocenters. The van der Waals surface area contributed by atoms with Crippen LogP contribution in [0.25, 0.3) is 0 Å². The van der Waals surface area contributed by atoms with E-state index in [-0.39, 0.29) is 24.9 Å². The van der Waals surface area contributed by atoms with Crippen LogP contribution in [0.2, 0.25) is 0 Å². The largest absolute Gasteiger partial charge is 0.480 e. The van der Waals surface area contributed by atoms with Crippen LogP contribution < -0.4 is 10.6 Å². The number of carbonyl (C=O) groups is 3. The van der Waals surface area contributed by atoms with Gasteiger partial charge in [0.15, 0.2) is 0 Å². The van der Waals surface area contributed by atoms with Crippen molar-refractivity contribution in [2.45, 2.75) is 38.8 Å². The molecule has 28 heavy (non-hydrogen) atoms. The number of piperidine rings is 1. The average Bonchev–Trinajstić information content (AvgIpc) is 2.70. The molecule has 1 saturated heterocycles. The summed E-state index contributed by atoms with van der Waals surface area (Å²) in [5.74, 6) is -1.10. The van der Waals surface area contributed by atoms with Crippen LogP contribution in [-0.4, -0.2) is 71.6 Å². The maximum Gasteiger partial charge on any atom is 0.321 e. The van der Waals surface area contributed by atoms with Gasteiger partial charge in [0.25, 0.3) is 0 Å². The first-order chi connectivity index (χ1) is 13.5. The number of aliphatic carboxylic acids is 1. The predicted molar refractivity (Wildman–Crippen MR) is 106 cm³/mol. The number of likely N-dealkylation sites (N-methyl/N-ethyl adjacent to an activating group) is 1. The molecular formula is C20H30N4O4. The summed E-state index contributed by atoms with van der Waals surface area (Å²) in [6, 6.07) is 9.29. The summed E-state index contributed by atoms with van der Waals surface area (Å²) in [7, 11) is 0. The van der Waals surface area contributed by atoms with E-state index < -0.39 is 12.0 Å². The van der Waals surface area contributed by atoms with Crippen molar-refractivity contribution in [3.05, 3.63) is 35.9 Å². The monoisotopic (exact) mass is 390 g/mol. The Hall–Kier alpha value is -2.45. The van der Waals surface area contributed by atoms with Gasteiger partial charge < -0.3 is 15.3 Å². The van der Waals surface area contributed by atoms with Crippen molar-refractivity contribution in [2.24, 2.45) is 0 Å². The minimum Gasteiger partial charge on any atom is -0.480 e. The van der Waals surface area contributed by atoms with Gasteiger partial charge in [-0.3, -0.25) is 19.8 Å². The molecule has 2 rings (SSSR count). The van der Waals surface area contributed by atoms with Crippen LogP contribution >= 0.6 is 0 Å². The molecule has 1 fully saturated rings. The third-order valence-corrected chi connectivity index (χ3v) is 5.02. The van der Waals surface area contributed by atoms with Gasteiger partial charge in [0.2, 0.25) is 5.91 Å². The summed E-state index contributed by atoms with van der Waals surface area (Å²) < 4.78 is 0. The molecule has 8 heteroatoms. The van der Waals surface area contributed by atoms with E-state index in [9.17, 15) is 14.4 Å². The molecule has 0 spiro atoms. The van der Waals surface area contributed by atoms with Gasteiger partial charge >= 0.3 is 12.0 Å². The van der Waals surface area contributed by atoms with Crippen LogP contribution in [0.1, 0.15) is 31.7 Å². The lowest BCUT2D eigenvalue weighted by atomic mass is 10.0. The van der Waals surface area contributed by atoms with Gasteiger partial charge in [0, 0.05) is 25.6 Å². The molecule has 3 N–H and O–H groups in total. The van der Waals surface area contributed by atoms with E-state index in [1.165, 1.54) is 0 Å². The van der Waals surface area contributed by atoms with E-state index >= 15 is 0 Å². The first-order valence-corrected chi connectivity index (χ1v) is 9.77. The average molecular weight is 390 g/mol. The highest BCUT2D eigenvalue weighted by molar-refractivity contribution is 5.94. The second kappa shape index (κ2) is 11.4. The van der Waals surface area contributed by atoms with Crippen molar-refractivity contribution in [2.75, 3.05) is 32.7 Å². The van der Waals surface area contributed by atoms with Crippen LogP contribution in [0.5, 0.6) is 0 Å². The van der Waals surface area contributed by atoms with E-state index in [0.717, 1.165) is 38.0 Å². The Bertz CT molecular complexity index is 645. The van der Waals surface area contributed by atoms with E-state index in [0.29, 0.717) is 13.1 Å². The number of nitrogens with zero attached hydrogens (tertiary/aromatic N) is 2. The molecule has 8 nitrogen and oxygen atoms in total. The molecule has 3 amide bonds. The van der Waals surface area contributed by atoms with Crippen molar-refractivity contribution in [1.29, 1.82) is 0 Å². The van der Waals surface area contributed by atoms with Crippen molar-refractivity contribution >= 4 is 17.9 Å². The number of carboxylic acid groups (broad SMARTS) is 1. The standard InChI is InChI=1S/C20H30N4O4/c1-2-24(15-19(26)27)17-8-11-23(12-9-17)13-10-18(25)22-20(28)21-14-16-6-4-3-5-7-16/h3-7,17H,2,8-15H2,1H3,(H,26,27)(H2,21,22,25,28). The quantitative estimate of drug-likeness (QED) is 0.587. The molecule has 0 unspecified atom stereocenters. The molecule has 1 aromatic carbocycles. The van der Waals surface area contributed by atoms with Crippen LogP contribution in [0.3, 0.4) is 0 Å². The maximum absolute atomic E-state index is 12.0. The molecule has 0 aliphatic carbocycles. The van der Waals surface area contributed by atoms with Gasteiger partial charge in [0.1, 0.15) is 0 Å². The number of hydrogen-bond donors (Lipinski definition) is 3. The number of amides is 3. The summed E-state index contributed by atoms with van der Waals surface area (Å²) in [5.41, 5.74) is 0.969.